The van der Waals surface area contributed by atoms with Gasteiger partial charge < -0.3 is 9.47 Å². The summed E-state index contributed by atoms with van der Waals surface area (Å²) < 4.78 is 38.3. The van der Waals surface area contributed by atoms with Gasteiger partial charge in [-0.3, -0.25) is 0 Å². The van der Waals surface area contributed by atoms with Crippen molar-refractivity contribution in [3.05, 3.63) is 58.1 Å². The van der Waals surface area contributed by atoms with E-state index in [1.807, 2.05) is 6.07 Å². The van der Waals surface area contributed by atoms with Gasteiger partial charge in [-0.1, -0.05) is 0 Å². The van der Waals surface area contributed by atoms with Crippen LogP contribution < -0.4 is 9.46 Å². The molecule has 0 radical (unpaired) electrons. The first-order valence-corrected chi connectivity index (χ1v) is 10.8. The number of nitrogens with zero attached hydrogens (tertiary/aromatic N) is 1. The summed E-state index contributed by atoms with van der Waals surface area (Å²) in [6, 6.07) is 12.8. The normalized spacial score (nSPS) is 13.6. The fourth-order valence-corrected chi connectivity index (χ4v) is 4.05. The highest BCUT2D eigenvalue weighted by Gasteiger charge is 2.28. The van der Waals surface area contributed by atoms with E-state index in [-0.39, 0.29) is 29.7 Å². The fraction of sp³-hybridized carbons (Fsp3) is 0.263. The van der Waals surface area contributed by atoms with Crippen molar-refractivity contribution in [3.8, 4) is 11.8 Å². The van der Waals surface area contributed by atoms with E-state index in [0.29, 0.717) is 15.8 Å². The van der Waals surface area contributed by atoms with Gasteiger partial charge in [-0.2, -0.15) is 5.26 Å². The third kappa shape index (κ3) is 5.32. The maximum absolute atomic E-state index is 12.3. The summed E-state index contributed by atoms with van der Waals surface area (Å²) in [5.41, 5.74) is 0.645. The van der Waals surface area contributed by atoms with E-state index in [2.05, 4.69) is 20.7 Å². The fourth-order valence-electron chi connectivity index (χ4n) is 2.31. The second-order valence-electron chi connectivity index (χ2n) is 6.16. The number of rotatable bonds is 8. The Morgan fingerprint density at radius 1 is 1.18 bits per heavy atom. The van der Waals surface area contributed by atoms with Crippen LogP contribution in [-0.4, -0.2) is 33.6 Å². The van der Waals surface area contributed by atoms with Crippen molar-refractivity contribution in [2.24, 2.45) is 0 Å². The van der Waals surface area contributed by atoms with Gasteiger partial charge >= 0.3 is 5.97 Å². The Labute approximate surface area is 171 Å². The molecule has 9 heteroatoms. The third-order valence-corrected chi connectivity index (χ3v) is 6.15. The van der Waals surface area contributed by atoms with Gasteiger partial charge in [0.1, 0.15) is 19.0 Å². The predicted molar refractivity (Wildman–Crippen MR) is 104 cm³/mol. The molecule has 1 aliphatic carbocycles. The Hall–Kier alpha value is -2.41. The monoisotopic (exact) mass is 464 g/mol. The zero-order valence-electron chi connectivity index (χ0n) is 14.7. The second kappa shape index (κ2) is 8.73. The largest absolute Gasteiger partial charge is 0.490 e. The van der Waals surface area contributed by atoms with E-state index in [0.717, 1.165) is 12.8 Å². The SMILES string of the molecule is N#Cc1ccc(OCCOC(=O)c2cc(S(=O)(=O)NC3CC3)ccc2Br)cc1. The van der Waals surface area contributed by atoms with Crippen LogP contribution in [0.2, 0.25) is 0 Å². The van der Waals surface area contributed by atoms with Crippen molar-refractivity contribution in [1.82, 2.24) is 4.72 Å². The van der Waals surface area contributed by atoms with Crippen LogP contribution in [0, 0.1) is 11.3 Å². The van der Waals surface area contributed by atoms with Crippen LogP contribution in [0.3, 0.4) is 0 Å². The Morgan fingerprint density at radius 3 is 2.54 bits per heavy atom. The Kier molecular flexibility index (Phi) is 6.34. The van der Waals surface area contributed by atoms with Gasteiger partial charge in [-0.05, 0) is 71.2 Å². The molecule has 0 aliphatic heterocycles. The van der Waals surface area contributed by atoms with Crippen LogP contribution in [0.1, 0.15) is 28.8 Å². The van der Waals surface area contributed by atoms with Gasteiger partial charge in [0.05, 0.1) is 22.1 Å². The number of hydrogen-bond acceptors (Lipinski definition) is 6. The zero-order valence-corrected chi connectivity index (χ0v) is 17.1. The summed E-state index contributed by atoms with van der Waals surface area (Å²) in [6.07, 6.45) is 1.65. The molecule has 2 aromatic rings. The number of carbonyl (C=O) groups excluding carboxylic acids is 1. The molecule has 0 aromatic heterocycles. The first kappa shape index (κ1) is 20.3. The van der Waals surface area contributed by atoms with Gasteiger partial charge in [0.25, 0.3) is 0 Å². The molecule has 1 saturated carbocycles. The molecule has 7 nitrogen and oxygen atoms in total. The minimum atomic E-state index is -3.66. The van der Waals surface area contributed by atoms with Crippen molar-refractivity contribution in [2.45, 2.75) is 23.8 Å². The zero-order chi connectivity index (χ0) is 20.1. The number of nitriles is 1. The molecular formula is C19H17BrN2O5S. The van der Waals surface area contributed by atoms with E-state index in [1.54, 1.807) is 24.3 Å². The van der Waals surface area contributed by atoms with Crippen molar-refractivity contribution in [2.75, 3.05) is 13.2 Å². The number of halogens is 1. The standard InChI is InChI=1S/C19H17BrN2O5S/c20-18-8-7-16(28(24,25)22-14-3-4-14)11-17(18)19(23)27-10-9-26-15-5-1-13(12-21)2-6-15/h1-2,5-8,11,14,22H,3-4,9-10H2. The van der Waals surface area contributed by atoms with Crippen LogP contribution in [0.5, 0.6) is 5.75 Å². The van der Waals surface area contributed by atoms with Crippen LogP contribution in [0.15, 0.2) is 51.8 Å². The average molecular weight is 465 g/mol. The Balaban J connectivity index is 1.57. The number of sulfonamides is 1. The van der Waals surface area contributed by atoms with Crippen molar-refractivity contribution < 1.29 is 22.7 Å². The molecule has 2 aromatic carbocycles. The molecule has 1 aliphatic rings. The van der Waals surface area contributed by atoms with Crippen LogP contribution in [0.25, 0.3) is 0 Å². The molecule has 1 fully saturated rings. The molecule has 1 N–H and O–H groups in total. The van der Waals surface area contributed by atoms with Gasteiger partial charge in [-0.25, -0.2) is 17.9 Å². The molecule has 0 unspecified atom stereocenters. The molecule has 146 valence electrons. The van der Waals surface area contributed by atoms with E-state index < -0.39 is 16.0 Å². The van der Waals surface area contributed by atoms with Crippen LogP contribution in [-0.2, 0) is 14.8 Å². The lowest BCUT2D eigenvalue weighted by atomic mass is 10.2. The summed E-state index contributed by atoms with van der Waals surface area (Å²) in [4.78, 5) is 12.3. The van der Waals surface area contributed by atoms with E-state index in [9.17, 15) is 13.2 Å². The van der Waals surface area contributed by atoms with Gasteiger partial charge in [0.2, 0.25) is 10.0 Å². The lowest BCUT2D eigenvalue weighted by molar-refractivity contribution is 0.0449. The van der Waals surface area contributed by atoms with Crippen molar-refractivity contribution >= 4 is 31.9 Å². The molecular weight excluding hydrogens is 448 g/mol. The minimum absolute atomic E-state index is 0.0113. The molecule has 0 spiro atoms. The highest BCUT2D eigenvalue weighted by atomic mass is 79.9. The van der Waals surface area contributed by atoms with Gasteiger partial charge in [-0.15, -0.1) is 0 Å². The summed E-state index contributed by atoms with van der Waals surface area (Å²) in [5, 5.41) is 8.76. The first-order valence-electron chi connectivity index (χ1n) is 8.51. The first-order chi connectivity index (χ1) is 13.4. The smallest absolute Gasteiger partial charge is 0.339 e. The van der Waals surface area contributed by atoms with E-state index in [1.165, 1.54) is 18.2 Å². The number of esters is 1. The van der Waals surface area contributed by atoms with Crippen LogP contribution >= 0.6 is 15.9 Å². The molecule has 0 amide bonds. The number of ether oxygens (including phenoxy) is 2. The Morgan fingerprint density at radius 2 is 1.89 bits per heavy atom. The maximum atomic E-state index is 12.3. The minimum Gasteiger partial charge on any atom is -0.490 e. The third-order valence-electron chi connectivity index (χ3n) is 3.94. The lowest BCUT2D eigenvalue weighted by Gasteiger charge is -2.10. The topological polar surface area (TPSA) is 105 Å². The maximum Gasteiger partial charge on any atom is 0.339 e. The van der Waals surface area contributed by atoms with Crippen LogP contribution in [0.4, 0.5) is 0 Å². The van der Waals surface area contributed by atoms with E-state index >= 15 is 0 Å². The highest BCUT2D eigenvalue weighted by molar-refractivity contribution is 9.10. The molecule has 0 bridgehead atoms. The Bertz CT molecular complexity index is 1010. The number of carbonyl (C=O) groups is 1. The summed E-state index contributed by atoms with van der Waals surface area (Å²) in [7, 11) is -3.66. The quantitative estimate of drug-likeness (QED) is 0.475. The number of benzene rings is 2. The number of hydrogen-bond donors (Lipinski definition) is 1. The van der Waals surface area contributed by atoms with E-state index in [4.69, 9.17) is 14.7 Å². The summed E-state index contributed by atoms with van der Waals surface area (Å²) in [5.74, 6) is -0.103. The molecule has 0 saturated heterocycles. The average Bonchev–Trinajstić information content (AvgIpc) is 3.49. The lowest BCUT2D eigenvalue weighted by Crippen LogP contribution is -2.26. The predicted octanol–water partition coefficient (Wildman–Crippen LogP) is 3.00. The highest BCUT2D eigenvalue weighted by Crippen LogP contribution is 2.25. The van der Waals surface area contributed by atoms with Gasteiger partial charge in [0.15, 0.2) is 0 Å². The molecule has 28 heavy (non-hydrogen) atoms. The van der Waals surface area contributed by atoms with Crippen molar-refractivity contribution in [3.63, 3.8) is 0 Å². The molecule has 0 atom stereocenters. The second-order valence-corrected chi connectivity index (χ2v) is 8.73. The number of nitrogens with one attached hydrogen (secondary N) is 1. The summed E-state index contributed by atoms with van der Waals surface area (Å²) >= 11 is 3.25. The molecule has 3 rings (SSSR count). The molecule has 0 heterocycles. The summed E-state index contributed by atoms with van der Waals surface area (Å²) in [6.45, 7) is 0.110. The van der Waals surface area contributed by atoms with Crippen molar-refractivity contribution in [1.29, 1.82) is 5.26 Å². The van der Waals surface area contributed by atoms with Gasteiger partial charge in [0, 0.05) is 10.5 Å².